The summed E-state index contributed by atoms with van der Waals surface area (Å²) in [6, 6.07) is 13.8. The summed E-state index contributed by atoms with van der Waals surface area (Å²) in [5.74, 6) is -2.01. The molecule has 14 heteroatoms. The first-order valence-corrected chi connectivity index (χ1v) is 17.0. The lowest BCUT2D eigenvalue weighted by Crippen LogP contribution is -2.36. The van der Waals surface area contributed by atoms with Crippen LogP contribution in [0.15, 0.2) is 65.6 Å². The molecule has 4 atom stereocenters. The molecule has 1 aliphatic heterocycles. The van der Waals surface area contributed by atoms with Gasteiger partial charge in [0.05, 0.1) is 30.9 Å². The minimum Gasteiger partial charge on any atom is -0.507 e. The largest absolute Gasteiger partial charge is 0.507 e. The van der Waals surface area contributed by atoms with E-state index in [2.05, 4.69) is 10.3 Å². The summed E-state index contributed by atoms with van der Waals surface area (Å²) in [6.45, 7) is -0.00940. The molecule has 1 fully saturated rings. The van der Waals surface area contributed by atoms with Crippen molar-refractivity contribution >= 4 is 23.7 Å². The Bertz CT molecular complexity index is 1630. The highest BCUT2D eigenvalue weighted by Gasteiger charge is 2.43. The molecule has 1 aromatic heterocycles. The van der Waals surface area contributed by atoms with Crippen LogP contribution in [0.4, 0.5) is 5.82 Å². The molecule has 50 heavy (non-hydrogen) atoms. The Morgan fingerprint density at radius 3 is 1.80 bits per heavy atom. The first-order valence-electron chi connectivity index (χ1n) is 17.0. The zero-order valence-electron chi connectivity index (χ0n) is 27.8. The first-order chi connectivity index (χ1) is 24.2. The molecule has 3 aromatic rings. The molecule has 2 heterocycles. The number of aromatic nitrogens is 2. The molecule has 5 N–H and O–H groups in total. The maximum Gasteiger partial charge on any atom is 0.351 e. The van der Waals surface area contributed by atoms with Gasteiger partial charge < -0.3 is 40.0 Å². The number of nitrogens with zero attached hydrogens (tertiary/aromatic N) is 2. The van der Waals surface area contributed by atoms with Crippen molar-refractivity contribution in [3.63, 3.8) is 0 Å². The van der Waals surface area contributed by atoms with E-state index in [-0.39, 0.29) is 34.9 Å². The third-order valence-corrected chi connectivity index (χ3v) is 8.38. The van der Waals surface area contributed by atoms with Crippen LogP contribution in [-0.4, -0.2) is 86.0 Å². The lowest BCUT2D eigenvalue weighted by Gasteiger charge is -2.17. The number of hydrogen-bond acceptors (Lipinski definition) is 12. The Balaban J connectivity index is 1.08. The topological polar surface area (TPSA) is 207 Å². The zero-order chi connectivity index (χ0) is 35.9. The molecule has 1 saturated heterocycles. The van der Waals surface area contributed by atoms with E-state index < -0.39 is 54.7 Å². The maximum absolute atomic E-state index is 13.0. The minimum absolute atomic E-state index is 0.0421. The number of unbranched alkanes of at least 4 members (excludes halogenated alkanes) is 9. The van der Waals surface area contributed by atoms with Crippen molar-refractivity contribution in [1.82, 2.24) is 9.55 Å². The van der Waals surface area contributed by atoms with Crippen LogP contribution in [0.2, 0.25) is 0 Å². The number of aromatic hydroxyl groups is 1. The quantitative estimate of drug-likeness (QED) is 0.0899. The number of anilines is 1. The number of phenols is 1. The molecule has 0 aliphatic carbocycles. The number of hydrogen-bond donors (Lipinski definition) is 5. The van der Waals surface area contributed by atoms with Crippen LogP contribution in [0, 0.1) is 0 Å². The number of carbonyl (C=O) groups excluding carboxylic acids is 3. The third kappa shape index (κ3) is 10.7. The number of nitrogens with one attached hydrogen (secondary N) is 1. The number of aliphatic hydroxyl groups is 3. The molecule has 14 nitrogen and oxygen atoms in total. The summed E-state index contributed by atoms with van der Waals surface area (Å²) in [4.78, 5) is 54.2. The molecule has 4 rings (SSSR count). The van der Waals surface area contributed by atoms with Crippen molar-refractivity contribution in [2.24, 2.45) is 0 Å². The number of aliphatic hydroxyl groups excluding tert-OH is 3. The lowest BCUT2D eigenvalue weighted by molar-refractivity contribution is -0.0549. The van der Waals surface area contributed by atoms with Crippen LogP contribution in [0.25, 0.3) is 0 Å². The van der Waals surface area contributed by atoms with E-state index in [0.29, 0.717) is 13.0 Å². The van der Waals surface area contributed by atoms with Crippen LogP contribution in [0.3, 0.4) is 0 Å². The van der Waals surface area contributed by atoms with Gasteiger partial charge in [0.1, 0.15) is 35.4 Å². The number of carbonyl (C=O) groups is 3. The van der Waals surface area contributed by atoms with E-state index in [1.807, 2.05) is 0 Å². The van der Waals surface area contributed by atoms with Crippen molar-refractivity contribution in [3.8, 4) is 5.75 Å². The molecule has 0 spiro atoms. The summed E-state index contributed by atoms with van der Waals surface area (Å²) in [7, 11) is 0. The normalized spacial score (nSPS) is 18.5. The summed E-state index contributed by atoms with van der Waals surface area (Å²) in [5, 5.41) is 41.6. The van der Waals surface area contributed by atoms with Gasteiger partial charge in [0.2, 0.25) is 0 Å². The van der Waals surface area contributed by atoms with Crippen LogP contribution < -0.4 is 11.0 Å². The van der Waals surface area contributed by atoms with Crippen LogP contribution in [0.1, 0.15) is 102 Å². The number of benzene rings is 2. The first kappa shape index (κ1) is 38.2. The average molecular weight is 696 g/mol. The van der Waals surface area contributed by atoms with Gasteiger partial charge in [-0.3, -0.25) is 9.36 Å². The van der Waals surface area contributed by atoms with Crippen molar-refractivity contribution in [2.75, 3.05) is 25.1 Å². The van der Waals surface area contributed by atoms with Gasteiger partial charge >= 0.3 is 17.6 Å². The predicted octanol–water partition coefficient (Wildman–Crippen LogP) is 3.73. The van der Waals surface area contributed by atoms with Crippen molar-refractivity contribution in [1.29, 1.82) is 0 Å². The third-order valence-electron chi connectivity index (χ3n) is 8.38. The number of ether oxygens (including phenoxy) is 3. The standard InChI is InChI=1S/C36H45N3O11/c40-23-28-30(42)31(43)33(50-28)39-20-19-29(38-36(39)47)37-32(44)24-15-9-10-16-25(24)34(45)48-21-13-7-5-3-1-2-4-6-8-14-22-49-35(46)26-17-11-12-18-27(26)41/h9-12,15-20,28,30-31,33,40-43H,1-8,13-14,21-23H2,(H,37,38,44,47)/t28-,30-,31+,33-/m1/s1. The predicted molar refractivity (Wildman–Crippen MR) is 181 cm³/mol. The SMILES string of the molecule is O=C(OCCCCCCCCCCCCOC(=O)c1ccccc1C(=O)Nc1ccn([C@@H]2O[C@H](CO)[C@@H](O)[C@@H]2O)c(=O)n1)c1ccccc1O. The summed E-state index contributed by atoms with van der Waals surface area (Å²) in [6.07, 6.45) is 5.86. The van der Waals surface area contributed by atoms with Gasteiger partial charge in [-0.1, -0.05) is 75.6 Å². The highest BCUT2D eigenvalue weighted by molar-refractivity contribution is 6.10. The zero-order valence-corrected chi connectivity index (χ0v) is 27.8. The molecule has 270 valence electrons. The second-order valence-electron chi connectivity index (χ2n) is 12.1. The fourth-order valence-electron chi connectivity index (χ4n) is 5.58. The van der Waals surface area contributed by atoms with Gasteiger partial charge in [0.15, 0.2) is 6.23 Å². The molecular weight excluding hydrogens is 650 g/mol. The Morgan fingerprint density at radius 2 is 1.26 bits per heavy atom. The maximum atomic E-state index is 13.0. The van der Waals surface area contributed by atoms with Crippen molar-refractivity contribution in [3.05, 3.63) is 88.0 Å². The molecule has 0 saturated carbocycles. The van der Waals surface area contributed by atoms with Crippen LogP contribution in [0.5, 0.6) is 5.75 Å². The number of esters is 2. The average Bonchev–Trinajstić information content (AvgIpc) is 3.40. The van der Waals surface area contributed by atoms with Gasteiger partial charge in [0.25, 0.3) is 5.91 Å². The second-order valence-corrected chi connectivity index (χ2v) is 12.1. The molecule has 0 unspecified atom stereocenters. The van der Waals surface area contributed by atoms with Crippen LogP contribution in [-0.2, 0) is 14.2 Å². The molecule has 2 aromatic carbocycles. The van der Waals surface area contributed by atoms with Gasteiger partial charge in [0, 0.05) is 6.20 Å². The number of amides is 1. The number of phenolic OH excluding ortho intramolecular Hbond substituents is 1. The van der Waals surface area contributed by atoms with E-state index in [1.165, 1.54) is 36.5 Å². The summed E-state index contributed by atoms with van der Waals surface area (Å²) in [5.41, 5.74) is -0.583. The number of para-hydroxylation sites is 1. The van der Waals surface area contributed by atoms with Crippen molar-refractivity contribution in [2.45, 2.75) is 88.7 Å². The fourth-order valence-corrected chi connectivity index (χ4v) is 5.58. The molecule has 0 radical (unpaired) electrons. The highest BCUT2D eigenvalue weighted by atomic mass is 16.6. The monoisotopic (exact) mass is 695 g/mol. The Hall–Kier alpha value is -4.63. The van der Waals surface area contributed by atoms with Crippen molar-refractivity contribution < 1.29 is 49.0 Å². The van der Waals surface area contributed by atoms with Crippen LogP contribution >= 0.6 is 0 Å². The van der Waals surface area contributed by atoms with Gasteiger partial charge in [-0.05, 0) is 43.2 Å². The van der Waals surface area contributed by atoms with Gasteiger partial charge in [-0.15, -0.1) is 0 Å². The van der Waals surface area contributed by atoms with E-state index in [9.17, 15) is 39.6 Å². The highest BCUT2D eigenvalue weighted by Crippen LogP contribution is 2.28. The van der Waals surface area contributed by atoms with E-state index in [1.54, 1.807) is 24.3 Å². The van der Waals surface area contributed by atoms with Gasteiger partial charge in [-0.2, -0.15) is 4.98 Å². The smallest absolute Gasteiger partial charge is 0.351 e. The Kier molecular flexibility index (Phi) is 14.9. The van der Waals surface area contributed by atoms with E-state index in [4.69, 9.17) is 14.2 Å². The lowest BCUT2D eigenvalue weighted by atomic mass is 10.1. The second kappa shape index (κ2) is 19.5. The Labute approximate surface area is 289 Å². The number of rotatable bonds is 19. The summed E-state index contributed by atoms with van der Waals surface area (Å²) < 4.78 is 17.0. The Morgan fingerprint density at radius 1 is 0.740 bits per heavy atom. The minimum atomic E-state index is -1.47. The van der Waals surface area contributed by atoms with E-state index >= 15 is 0 Å². The molecular formula is C36H45N3O11. The fraction of sp³-hybridized carbons (Fsp3) is 0.472. The molecule has 1 amide bonds. The van der Waals surface area contributed by atoms with Gasteiger partial charge in [-0.25, -0.2) is 14.4 Å². The molecule has 0 bridgehead atoms. The van der Waals surface area contributed by atoms with E-state index in [0.717, 1.165) is 62.4 Å². The summed E-state index contributed by atoms with van der Waals surface area (Å²) >= 11 is 0. The molecule has 1 aliphatic rings.